The summed E-state index contributed by atoms with van der Waals surface area (Å²) in [6, 6.07) is 15.5. The molecule has 3 heterocycles. The number of oxazole rings is 1. The van der Waals surface area contributed by atoms with Crippen molar-refractivity contribution in [1.29, 1.82) is 0 Å². The zero-order valence-electron chi connectivity index (χ0n) is 16.0. The summed E-state index contributed by atoms with van der Waals surface area (Å²) in [5.41, 5.74) is 3.34. The summed E-state index contributed by atoms with van der Waals surface area (Å²) in [7, 11) is 0. The highest BCUT2D eigenvalue weighted by atomic mass is 32.2. The number of fused-ring (bicyclic) bond motifs is 1. The van der Waals surface area contributed by atoms with Gasteiger partial charge in [0.05, 0.1) is 13.2 Å². The van der Waals surface area contributed by atoms with Gasteiger partial charge in [0.25, 0.3) is 11.1 Å². The number of benzene rings is 2. The van der Waals surface area contributed by atoms with Gasteiger partial charge >= 0.3 is 0 Å². The molecule has 2 saturated heterocycles. The van der Waals surface area contributed by atoms with Crippen molar-refractivity contribution in [3.63, 3.8) is 0 Å². The molecule has 0 radical (unpaired) electrons. The summed E-state index contributed by atoms with van der Waals surface area (Å²) in [4.78, 5) is 19.6. The summed E-state index contributed by atoms with van der Waals surface area (Å²) in [5.74, 6) is 0.212. The highest BCUT2D eigenvalue weighted by Crippen LogP contribution is 2.32. The first-order valence-corrected chi connectivity index (χ1v) is 10.8. The van der Waals surface area contributed by atoms with Gasteiger partial charge in [-0.05, 0) is 23.8 Å². The van der Waals surface area contributed by atoms with Gasteiger partial charge in [-0.1, -0.05) is 42.1 Å². The minimum Gasteiger partial charge on any atom is -0.431 e. The van der Waals surface area contributed by atoms with Crippen LogP contribution >= 0.6 is 11.8 Å². The molecule has 5 rings (SSSR count). The van der Waals surface area contributed by atoms with E-state index in [1.807, 2.05) is 53.4 Å². The lowest BCUT2D eigenvalue weighted by Crippen LogP contribution is -2.47. The molecule has 7 heteroatoms. The van der Waals surface area contributed by atoms with Crippen LogP contribution in [0.2, 0.25) is 0 Å². The molecule has 0 unspecified atom stereocenters. The monoisotopic (exact) mass is 410 g/mol. The average molecular weight is 410 g/mol. The minimum absolute atomic E-state index is 0.0617. The molecule has 2 aliphatic heterocycles. The number of carbonyl (C=O) groups is 1. The van der Waals surface area contributed by atoms with Gasteiger partial charge in [0, 0.05) is 37.2 Å². The molecule has 1 spiro atoms. The van der Waals surface area contributed by atoms with E-state index in [9.17, 15) is 4.79 Å². The number of rotatable bonds is 4. The SMILES string of the molecule is O=C(c1ccccc1CSc1nc2ccccc2o1)N1CCC2(CC1)OCCO2. The van der Waals surface area contributed by atoms with E-state index in [1.165, 1.54) is 11.8 Å². The van der Waals surface area contributed by atoms with Gasteiger partial charge in [-0.25, -0.2) is 4.98 Å². The van der Waals surface area contributed by atoms with E-state index in [2.05, 4.69) is 4.98 Å². The molecule has 6 nitrogen and oxygen atoms in total. The summed E-state index contributed by atoms with van der Waals surface area (Å²) in [6.07, 6.45) is 1.44. The topological polar surface area (TPSA) is 64.8 Å². The van der Waals surface area contributed by atoms with Crippen molar-refractivity contribution in [3.8, 4) is 0 Å². The Kier molecular flexibility index (Phi) is 5.03. The number of aromatic nitrogens is 1. The Hall–Kier alpha value is -2.35. The number of para-hydroxylation sites is 2. The fourth-order valence-electron chi connectivity index (χ4n) is 3.91. The zero-order chi connectivity index (χ0) is 19.7. The van der Waals surface area contributed by atoms with Crippen LogP contribution in [-0.2, 0) is 15.2 Å². The van der Waals surface area contributed by atoms with Crippen LogP contribution in [0.4, 0.5) is 0 Å². The summed E-state index contributed by atoms with van der Waals surface area (Å²) >= 11 is 1.50. The number of carbonyl (C=O) groups excluding carboxylic acids is 1. The molecule has 2 aliphatic rings. The fraction of sp³-hybridized carbons (Fsp3) is 0.364. The number of amides is 1. The van der Waals surface area contributed by atoms with E-state index < -0.39 is 5.79 Å². The molecular formula is C22H22N2O4S. The average Bonchev–Trinajstić information content (AvgIpc) is 3.39. The summed E-state index contributed by atoms with van der Waals surface area (Å²) < 4.78 is 17.3. The third kappa shape index (κ3) is 3.77. The van der Waals surface area contributed by atoms with E-state index in [-0.39, 0.29) is 5.91 Å². The molecular weight excluding hydrogens is 388 g/mol. The number of nitrogens with zero attached hydrogens (tertiary/aromatic N) is 2. The van der Waals surface area contributed by atoms with Crippen molar-refractivity contribution in [1.82, 2.24) is 9.88 Å². The summed E-state index contributed by atoms with van der Waals surface area (Å²) in [5, 5.41) is 0.615. The van der Waals surface area contributed by atoms with Crippen molar-refractivity contribution >= 4 is 28.8 Å². The molecule has 3 aromatic rings. The van der Waals surface area contributed by atoms with E-state index >= 15 is 0 Å². The van der Waals surface area contributed by atoms with Crippen LogP contribution in [-0.4, -0.2) is 47.9 Å². The molecule has 1 aromatic heterocycles. The summed E-state index contributed by atoms with van der Waals surface area (Å²) in [6.45, 7) is 2.57. The first kappa shape index (κ1) is 18.7. The second kappa shape index (κ2) is 7.82. The normalized spacial score (nSPS) is 18.6. The van der Waals surface area contributed by atoms with Crippen molar-refractivity contribution in [2.45, 2.75) is 29.6 Å². The lowest BCUT2D eigenvalue weighted by Gasteiger charge is -2.37. The molecule has 0 bridgehead atoms. The predicted molar refractivity (Wildman–Crippen MR) is 110 cm³/mol. The molecule has 2 fully saturated rings. The van der Waals surface area contributed by atoms with Gasteiger partial charge in [0.1, 0.15) is 5.52 Å². The van der Waals surface area contributed by atoms with Crippen LogP contribution in [0.5, 0.6) is 0 Å². The van der Waals surface area contributed by atoms with Gasteiger partial charge in [-0.2, -0.15) is 0 Å². The van der Waals surface area contributed by atoms with Crippen molar-refractivity contribution in [2.75, 3.05) is 26.3 Å². The minimum atomic E-state index is -0.473. The Morgan fingerprint density at radius 2 is 1.76 bits per heavy atom. The largest absolute Gasteiger partial charge is 0.431 e. The van der Waals surface area contributed by atoms with Crippen molar-refractivity contribution in [3.05, 3.63) is 59.7 Å². The second-order valence-corrected chi connectivity index (χ2v) is 8.22. The molecule has 0 N–H and O–H groups in total. The van der Waals surface area contributed by atoms with E-state index in [0.29, 0.717) is 37.3 Å². The molecule has 2 aromatic carbocycles. The maximum Gasteiger partial charge on any atom is 0.257 e. The molecule has 0 saturated carbocycles. The number of hydrogen-bond donors (Lipinski definition) is 0. The smallest absolute Gasteiger partial charge is 0.257 e. The molecule has 150 valence electrons. The molecule has 0 aliphatic carbocycles. The van der Waals surface area contributed by atoms with Crippen LogP contribution in [0.25, 0.3) is 11.1 Å². The van der Waals surface area contributed by atoms with Crippen LogP contribution in [0, 0.1) is 0 Å². The van der Waals surface area contributed by atoms with E-state index in [4.69, 9.17) is 13.9 Å². The first-order chi connectivity index (χ1) is 14.2. The van der Waals surface area contributed by atoms with Gasteiger partial charge in [-0.15, -0.1) is 0 Å². The lowest BCUT2D eigenvalue weighted by atomic mass is 10.0. The lowest BCUT2D eigenvalue weighted by molar-refractivity contribution is -0.181. The molecule has 0 atom stereocenters. The quantitative estimate of drug-likeness (QED) is 0.604. The zero-order valence-corrected chi connectivity index (χ0v) is 16.8. The maximum absolute atomic E-state index is 13.2. The van der Waals surface area contributed by atoms with E-state index in [0.717, 1.165) is 35.1 Å². The predicted octanol–water partition coefficient (Wildman–Crippen LogP) is 4.10. The Morgan fingerprint density at radius 3 is 2.55 bits per heavy atom. The Morgan fingerprint density at radius 1 is 1.03 bits per heavy atom. The maximum atomic E-state index is 13.2. The third-order valence-corrected chi connectivity index (χ3v) is 6.38. The highest BCUT2D eigenvalue weighted by Gasteiger charge is 2.41. The molecule has 29 heavy (non-hydrogen) atoms. The number of piperidine rings is 1. The second-order valence-electron chi connectivity index (χ2n) is 7.29. The van der Waals surface area contributed by atoms with Crippen LogP contribution < -0.4 is 0 Å². The van der Waals surface area contributed by atoms with Crippen LogP contribution in [0.15, 0.2) is 58.2 Å². The Labute approximate surface area is 173 Å². The van der Waals surface area contributed by atoms with Crippen molar-refractivity contribution < 1.29 is 18.7 Å². The number of hydrogen-bond acceptors (Lipinski definition) is 6. The van der Waals surface area contributed by atoms with E-state index in [1.54, 1.807) is 0 Å². The van der Waals surface area contributed by atoms with Crippen LogP contribution in [0.3, 0.4) is 0 Å². The number of likely N-dealkylation sites (tertiary alicyclic amines) is 1. The Bertz CT molecular complexity index is 985. The van der Waals surface area contributed by atoms with Crippen LogP contribution in [0.1, 0.15) is 28.8 Å². The standard InChI is InChI=1S/C22H22N2O4S/c25-20(24-11-9-22(10-12-24)26-13-14-27-22)17-6-2-1-5-16(17)15-29-21-23-18-7-3-4-8-19(18)28-21/h1-8H,9-15H2. The highest BCUT2D eigenvalue weighted by molar-refractivity contribution is 7.98. The Balaban J connectivity index is 1.28. The van der Waals surface area contributed by atoms with Gasteiger partial charge in [-0.3, -0.25) is 4.79 Å². The van der Waals surface area contributed by atoms with Gasteiger partial charge in [0.15, 0.2) is 11.4 Å². The number of ether oxygens (including phenoxy) is 2. The van der Waals surface area contributed by atoms with Gasteiger partial charge < -0.3 is 18.8 Å². The number of thioether (sulfide) groups is 1. The van der Waals surface area contributed by atoms with Crippen molar-refractivity contribution in [2.24, 2.45) is 0 Å². The fourth-order valence-corrected chi connectivity index (χ4v) is 4.76. The molecule has 1 amide bonds. The first-order valence-electron chi connectivity index (χ1n) is 9.86. The van der Waals surface area contributed by atoms with Gasteiger partial charge in [0.2, 0.25) is 0 Å². The third-order valence-electron chi connectivity index (χ3n) is 5.50.